The minimum absolute atomic E-state index is 0.298. The van der Waals surface area contributed by atoms with Gasteiger partial charge in [0.05, 0.1) is 0 Å². The molecule has 4 rings (SSSR count). The number of rotatable bonds is 7. The van der Waals surface area contributed by atoms with Gasteiger partial charge >= 0.3 is 6.03 Å². The first-order valence-corrected chi connectivity index (χ1v) is 10.1. The lowest BCUT2D eigenvalue weighted by Gasteiger charge is -2.25. The van der Waals surface area contributed by atoms with Gasteiger partial charge in [0.2, 0.25) is 5.91 Å². The average molecular weight is 404 g/mol. The average Bonchev–Trinajstić information content (AvgIpc) is 3.29. The Morgan fingerprint density at radius 2 is 1.80 bits per heavy atom. The van der Waals surface area contributed by atoms with E-state index in [9.17, 15) is 14.4 Å². The van der Waals surface area contributed by atoms with E-state index in [4.69, 9.17) is 0 Å². The lowest BCUT2D eigenvalue weighted by Crippen LogP contribution is -2.45. The third kappa shape index (κ3) is 3.43. The zero-order valence-corrected chi connectivity index (χ0v) is 16.8. The first-order chi connectivity index (χ1) is 14.5. The van der Waals surface area contributed by atoms with Crippen molar-refractivity contribution in [2.75, 3.05) is 13.1 Å². The van der Waals surface area contributed by atoms with Gasteiger partial charge < -0.3 is 15.6 Å². The Balaban J connectivity index is 1.38. The third-order valence-corrected chi connectivity index (χ3v) is 5.67. The number of carbonyl (C=O) groups is 3. The van der Waals surface area contributed by atoms with Gasteiger partial charge in [0.25, 0.3) is 5.91 Å². The molecule has 154 valence electrons. The summed E-state index contributed by atoms with van der Waals surface area (Å²) in [7, 11) is 0. The second-order valence-electron chi connectivity index (χ2n) is 7.41. The largest absolute Gasteiger partial charge is 0.361 e. The number of carbonyl (C=O) groups excluding carboxylic acids is 3. The highest BCUT2D eigenvalue weighted by molar-refractivity contribution is 6.09. The molecule has 1 aliphatic heterocycles. The van der Waals surface area contributed by atoms with Crippen LogP contribution >= 0.6 is 0 Å². The number of aromatic amines is 1. The number of amides is 4. The Hall–Kier alpha value is -3.61. The zero-order valence-electron chi connectivity index (χ0n) is 16.8. The molecule has 1 saturated heterocycles. The lowest BCUT2D eigenvalue weighted by atomic mass is 9.87. The summed E-state index contributed by atoms with van der Waals surface area (Å²) >= 11 is 0. The van der Waals surface area contributed by atoms with Crippen LogP contribution in [0.5, 0.6) is 0 Å². The van der Waals surface area contributed by atoms with E-state index in [2.05, 4.69) is 15.6 Å². The van der Waals surface area contributed by atoms with Crippen LogP contribution < -0.4 is 10.6 Å². The van der Waals surface area contributed by atoms with Crippen molar-refractivity contribution in [3.8, 4) is 0 Å². The Morgan fingerprint density at radius 3 is 2.57 bits per heavy atom. The smallest absolute Gasteiger partial charge is 0.325 e. The van der Waals surface area contributed by atoms with Gasteiger partial charge in [0.1, 0.15) is 12.1 Å². The number of para-hydroxylation sites is 1. The van der Waals surface area contributed by atoms with E-state index in [1.54, 1.807) is 0 Å². The maximum absolute atomic E-state index is 13.1. The fraction of sp³-hybridized carbons (Fsp3) is 0.261. The molecule has 1 aliphatic rings. The SMILES string of the molecule is CCC1(c2ccccc2)NC(=O)N(CC(=O)NCCc2c[nH]c3ccccc23)C1=O. The van der Waals surface area contributed by atoms with E-state index in [0.29, 0.717) is 24.9 Å². The minimum atomic E-state index is -1.12. The zero-order chi connectivity index (χ0) is 21.1. The van der Waals surface area contributed by atoms with Crippen molar-refractivity contribution in [1.29, 1.82) is 0 Å². The Labute approximate surface area is 174 Å². The molecule has 0 aliphatic carbocycles. The Kier molecular flexibility index (Phi) is 5.27. The molecule has 1 aromatic heterocycles. The van der Waals surface area contributed by atoms with Gasteiger partial charge in [-0.3, -0.25) is 14.5 Å². The van der Waals surface area contributed by atoms with Crippen LogP contribution in [0.25, 0.3) is 10.9 Å². The second-order valence-corrected chi connectivity index (χ2v) is 7.41. The van der Waals surface area contributed by atoms with Crippen molar-refractivity contribution in [1.82, 2.24) is 20.5 Å². The van der Waals surface area contributed by atoms with Crippen LogP contribution in [0, 0.1) is 0 Å². The van der Waals surface area contributed by atoms with Gasteiger partial charge in [-0.2, -0.15) is 0 Å². The van der Waals surface area contributed by atoms with Crippen molar-refractivity contribution in [2.24, 2.45) is 0 Å². The summed E-state index contributed by atoms with van der Waals surface area (Å²) in [5.74, 6) is -0.758. The molecule has 1 unspecified atom stereocenters. The molecule has 4 amide bonds. The normalized spacial score (nSPS) is 18.6. The molecule has 0 bridgehead atoms. The summed E-state index contributed by atoms with van der Waals surface area (Å²) in [4.78, 5) is 42.2. The fourth-order valence-corrected chi connectivity index (χ4v) is 4.01. The van der Waals surface area contributed by atoms with Crippen molar-refractivity contribution >= 4 is 28.7 Å². The summed E-state index contributed by atoms with van der Waals surface area (Å²) < 4.78 is 0. The Bertz CT molecular complexity index is 1090. The van der Waals surface area contributed by atoms with Crippen LogP contribution in [0.3, 0.4) is 0 Å². The van der Waals surface area contributed by atoms with Crippen LogP contribution in [0.4, 0.5) is 4.79 Å². The topological polar surface area (TPSA) is 94.3 Å². The van der Waals surface area contributed by atoms with Gasteiger partial charge in [-0.05, 0) is 30.0 Å². The van der Waals surface area contributed by atoms with Crippen molar-refractivity contribution in [3.63, 3.8) is 0 Å². The molecular formula is C23H24N4O3. The molecule has 2 heterocycles. The number of fused-ring (bicyclic) bond motifs is 1. The summed E-state index contributed by atoms with van der Waals surface area (Å²) in [6, 6.07) is 16.6. The first kappa shape index (κ1) is 19.7. The number of H-pyrrole nitrogens is 1. The minimum Gasteiger partial charge on any atom is -0.361 e. The van der Waals surface area contributed by atoms with Crippen molar-refractivity contribution in [2.45, 2.75) is 25.3 Å². The number of imide groups is 1. The van der Waals surface area contributed by atoms with E-state index >= 15 is 0 Å². The molecule has 1 atom stereocenters. The molecule has 3 N–H and O–H groups in total. The molecule has 30 heavy (non-hydrogen) atoms. The maximum atomic E-state index is 13.1. The number of nitrogens with zero attached hydrogens (tertiary/aromatic N) is 1. The van der Waals surface area contributed by atoms with E-state index in [1.807, 2.05) is 67.7 Å². The number of nitrogens with one attached hydrogen (secondary N) is 3. The molecule has 1 fully saturated rings. The molecule has 7 nitrogen and oxygen atoms in total. The van der Waals surface area contributed by atoms with E-state index in [0.717, 1.165) is 21.4 Å². The number of urea groups is 1. The fourth-order valence-electron chi connectivity index (χ4n) is 4.01. The quantitative estimate of drug-likeness (QED) is 0.529. The van der Waals surface area contributed by atoms with Gasteiger partial charge in [-0.1, -0.05) is 55.5 Å². The molecule has 0 saturated carbocycles. The number of aromatic nitrogens is 1. The predicted molar refractivity (Wildman–Crippen MR) is 114 cm³/mol. The second kappa shape index (κ2) is 8.02. The van der Waals surface area contributed by atoms with Crippen molar-refractivity contribution < 1.29 is 14.4 Å². The van der Waals surface area contributed by atoms with Gasteiger partial charge in [-0.15, -0.1) is 0 Å². The first-order valence-electron chi connectivity index (χ1n) is 10.1. The molecular weight excluding hydrogens is 380 g/mol. The van der Waals surface area contributed by atoms with Crippen molar-refractivity contribution in [3.05, 3.63) is 71.9 Å². The molecule has 2 aromatic carbocycles. The van der Waals surface area contributed by atoms with Gasteiger partial charge in [0, 0.05) is 23.6 Å². The number of benzene rings is 2. The summed E-state index contributed by atoms with van der Waals surface area (Å²) in [5.41, 5.74) is 1.75. The van der Waals surface area contributed by atoms with Gasteiger partial charge in [0.15, 0.2) is 0 Å². The number of hydrogen-bond acceptors (Lipinski definition) is 3. The molecule has 0 radical (unpaired) electrons. The monoisotopic (exact) mass is 404 g/mol. The highest BCUT2D eigenvalue weighted by atomic mass is 16.2. The molecule has 0 spiro atoms. The summed E-state index contributed by atoms with van der Waals surface area (Å²) in [5, 5.41) is 6.72. The van der Waals surface area contributed by atoms with E-state index in [1.165, 1.54) is 0 Å². The third-order valence-electron chi connectivity index (χ3n) is 5.67. The predicted octanol–water partition coefficient (Wildman–Crippen LogP) is 2.68. The van der Waals surface area contributed by atoms with E-state index < -0.39 is 17.5 Å². The highest BCUT2D eigenvalue weighted by Gasteiger charge is 2.51. The lowest BCUT2D eigenvalue weighted by molar-refractivity contribution is -0.135. The van der Waals surface area contributed by atoms with Crippen LogP contribution in [0.1, 0.15) is 24.5 Å². The summed E-state index contributed by atoms with van der Waals surface area (Å²) in [6.45, 7) is 1.96. The molecule has 3 aromatic rings. The standard InChI is InChI=1S/C23H24N4O3/c1-2-23(17-8-4-3-5-9-17)21(29)27(22(30)26-23)15-20(28)24-13-12-16-14-25-19-11-7-6-10-18(16)19/h3-11,14,25H,2,12-13,15H2,1H3,(H,24,28)(H,26,30). The van der Waals surface area contributed by atoms with Crippen LogP contribution in [0.2, 0.25) is 0 Å². The van der Waals surface area contributed by atoms with Gasteiger partial charge in [-0.25, -0.2) is 4.79 Å². The van der Waals surface area contributed by atoms with Crippen LogP contribution in [-0.4, -0.2) is 40.8 Å². The number of hydrogen-bond donors (Lipinski definition) is 3. The maximum Gasteiger partial charge on any atom is 0.325 e. The van der Waals surface area contributed by atoms with Crippen LogP contribution in [0.15, 0.2) is 60.8 Å². The van der Waals surface area contributed by atoms with Crippen LogP contribution in [-0.2, 0) is 21.5 Å². The molecule has 7 heteroatoms. The van der Waals surface area contributed by atoms with E-state index in [-0.39, 0.29) is 12.5 Å². The highest BCUT2D eigenvalue weighted by Crippen LogP contribution is 2.32. The Morgan fingerprint density at radius 1 is 1.07 bits per heavy atom. The summed E-state index contributed by atoms with van der Waals surface area (Å²) in [6.07, 6.45) is 2.99.